The largest absolute Gasteiger partial charge is 0.396 e. The molecule has 15 heavy (non-hydrogen) atoms. The third-order valence-corrected chi connectivity index (χ3v) is 3.02. The fraction of sp³-hybridized carbons (Fsp3) is 0.125. The number of hydrogen-bond acceptors (Lipinski definition) is 5. The van der Waals surface area contributed by atoms with Crippen LogP contribution in [0.15, 0.2) is 18.3 Å². The molecule has 0 fully saturated rings. The maximum atomic E-state index is 10.5. The number of aromatic nitrogens is 2. The third kappa shape index (κ3) is 1.57. The van der Waals surface area contributed by atoms with Crippen LogP contribution in [0.2, 0.25) is 0 Å². The molecule has 0 radical (unpaired) electrons. The van der Waals surface area contributed by atoms with E-state index in [4.69, 9.17) is 5.73 Å². The molecule has 0 amide bonds. The molecule has 0 unspecified atom stereocenters. The molecule has 2 rings (SSSR count). The van der Waals surface area contributed by atoms with Crippen LogP contribution in [0.3, 0.4) is 0 Å². The highest BCUT2D eigenvalue weighted by atomic mass is 32.1. The van der Waals surface area contributed by atoms with E-state index < -0.39 is 4.92 Å². The Hall–Kier alpha value is -1.89. The maximum absolute atomic E-state index is 10.5. The van der Waals surface area contributed by atoms with Gasteiger partial charge >= 0.3 is 5.00 Å². The molecule has 2 aromatic heterocycles. The molecule has 0 aliphatic heterocycles. The van der Waals surface area contributed by atoms with E-state index in [1.54, 1.807) is 17.8 Å². The number of nitrogens with two attached hydrogens (primary N) is 1. The first-order valence-electron chi connectivity index (χ1n) is 4.11. The minimum Gasteiger partial charge on any atom is -0.396 e. The minimum atomic E-state index is -0.416. The van der Waals surface area contributed by atoms with Gasteiger partial charge in [-0.05, 0) is 6.07 Å². The van der Waals surface area contributed by atoms with Gasteiger partial charge in [0.15, 0.2) is 0 Å². The van der Waals surface area contributed by atoms with E-state index in [-0.39, 0.29) is 5.00 Å². The van der Waals surface area contributed by atoms with Crippen molar-refractivity contribution >= 4 is 22.0 Å². The molecule has 0 aliphatic carbocycles. The summed E-state index contributed by atoms with van der Waals surface area (Å²) in [6, 6.07) is 3.14. The molecular weight excluding hydrogens is 216 g/mol. The summed E-state index contributed by atoms with van der Waals surface area (Å²) in [6.45, 7) is 0. The van der Waals surface area contributed by atoms with Crippen LogP contribution in [0.1, 0.15) is 0 Å². The highest BCUT2D eigenvalue weighted by Gasteiger charge is 2.15. The minimum absolute atomic E-state index is 0.102. The number of anilines is 1. The molecule has 0 aromatic carbocycles. The van der Waals surface area contributed by atoms with E-state index in [1.165, 1.54) is 12.3 Å². The smallest absolute Gasteiger partial charge is 0.324 e. The summed E-state index contributed by atoms with van der Waals surface area (Å²) in [6.07, 6.45) is 1.53. The van der Waals surface area contributed by atoms with E-state index in [9.17, 15) is 10.1 Å². The lowest BCUT2D eigenvalue weighted by atomic mass is 10.3. The molecule has 7 heteroatoms. The second-order valence-electron chi connectivity index (χ2n) is 2.97. The number of hydrogen-bond donors (Lipinski definition) is 1. The molecule has 78 valence electrons. The van der Waals surface area contributed by atoms with Gasteiger partial charge in [-0.2, -0.15) is 5.10 Å². The zero-order valence-corrected chi connectivity index (χ0v) is 8.69. The fourth-order valence-corrected chi connectivity index (χ4v) is 2.23. The van der Waals surface area contributed by atoms with E-state index in [2.05, 4.69) is 5.10 Å². The molecule has 0 bridgehead atoms. The van der Waals surface area contributed by atoms with Crippen molar-refractivity contribution in [3.05, 3.63) is 28.4 Å². The second kappa shape index (κ2) is 3.35. The van der Waals surface area contributed by atoms with E-state index in [0.717, 1.165) is 16.2 Å². The van der Waals surface area contributed by atoms with Gasteiger partial charge in [0.1, 0.15) is 5.69 Å². The van der Waals surface area contributed by atoms with Crippen molar-refractivity contribution in [2.75, 3.05) is 5.73 Å². The number of aryl methyl sites for hydroxylation is 1. The molecule has 0 saturated heterocycles. The fourth-order valence-electron chi connectivity index (χ4n) is 1.31. The Balaban J connectivity index is 2.50. The van der Waals surface area contributed by atoms with Crippen molar-refractivity contribution in [1.82, 2.24) is 9.78 Å². The molecule has 0 aliphatic rings. The maximum Gasteiger partial charge on any atom is 0.324 e. The zero-order valence-electron chi connectivity index (χ0n) is 7.88. The average Bonchev–Trinajstić information content (AvgIpc) is 2.73. The highest BCUT2D eigenvalue weighted by Crippen LogP contribution is 2.34. The summed E-state index contributed by atoms with van der Waals surface area (Å²) in [5.74, 6) is 0. The standard InChI is InChI=1S/C8H8N4O2S/c1-11-8(5(9)4-10-11)6-2-3-7(15-6)12(13)14/h2-4H,9H2,1H3. The summed E-state index contributed by atoms with van der Waals surface area (Å²) < 4.78 is 1.60. The second-order valence-corrected chi connectivity index (χ2v) is 4.03. The Kier molecular flexibility index (Phi) is 2.16. The molecule has 2 N–H and O–H groups in total. The van der Waals surface area contributed by atoms with Crippen LogP contribution < -0.4 is 5.73 Å². The van der Waals surface area contributed by atoms with Gasteiger partial charge in [0.25, 0.3) is 0 Å². The summed E-state index contributed by atoms with van der Waals surface area (Å²) in [4.78, 5) is 10.8. The Bertz CT molecular complexity index is 497. The van der Waals surface area contributed by atoms with E-state index in [0.29, 0.717) is 11.4 Å². The van der Waals surface area contributed by atoms with Gasteiger partial charge in [0.2, 0.25) is 0 Å². The normalized spacial score (nSPS) is 10.5. The lowest BCUT2D eigenvalue weighted by Crippen LogP contribution is -1.93. The monoisotopic (exact) mass is 224 g/mol. The van der Waals surface area contributed by atoms with Crippen molar-refractivity contribution in [2.45, 2.75) is 0 Å². The van der Waals surface area contributed by atoms with Gasteiger partial charge in [-0.15, -0.1) is 0 Å². The summed E-state index contributed by atoms with van der Waals surface area (Å²) in [7, 11) is 1.75. The predicted octanol–water partition coefficient (Wildman–Crippen LogP) is 1.64. The highest BCUT2D eigenvalue weighted by molar-refractivity contribution is 7.18. The first-order valence-corrected chi connectivity index (χ1v) is 4.93. The van der Waals surface area contributed by atoms with Crippen molar-refractivity contribution in [2.24, 2.45) is 7.05 Å². The van der Waals surface area contributed by atoms with Gasteiger partial charge < -0.3 is 5.73 Å². The van der Waals surface area contributed by atoms with Crippen molar-refractivity contribution < 1.29 is 4.92 Å². The Morgan fingerprint density at radius 2 is 2.33 bits per heavy atom. The first kappa shape index (κ1) is 9.66. The Morgan fingerprint density at radius 1 is 1.60 bits per heavy atom. The first-order chi connectivity index (χ1) is 7.09. The van der Waals surface area contributed by atoms with Crippen LogP contribution in [0.25, 0.3) is 10.6 Å². The summed E-state index contributed by atoms with van der Waals surface area (Å²) >= 11 is 1.09. The molecule has 6 nitrogen and oxygen atoms in total. The van der Waals surface area contributed by atoms with Gasteiger partial charge in [-0.3, -0.25) is 14.8 Å². The number of nitro groups is 1. The SMILES string of the molecule is Cn1ncc(N)c1-c1ccc([N+](=O)[O-])s1. The quantitative estimate of drug-likeness (QED) is 0.620. The Labute approximate surface area is 89.1 Å². The van der Waals surface area contributed by atoms with Crippen LogP contribution in [-0.2, 0) is 7.05 Å². The van der Waals surface area contributed by atoms with Crippen molar-refractivity contribution in [1.29, 1.82) is 0 Å². The Morgan fingerprint density at radius 3 is 2.80 bits per heavy atom. The molecule has 0 saturated carbocycles. The lowest BCUT2D eigenvalue weighted by molar-refractivity contribution is -0.380. The van der Waals surface area contributed by atoms with Crippen LogP contribution >= 0.6 is 11.3 Å². The average molecular weight is 224 g/mol. The number of nitrogens with zero attached hydrogens (tertiary/aromatic N) is 3. The van der Waals surface area contributed by atoms with Gasteiger partial charge in [-0.25, -0.2) is 0 Å². The van der Waals surface area contributed by atoms with Crippen molar-refractivity contribution in [3.63, 3.8) is 0 Å². The van der Waals surface area contributed by atoms with Crippen molar-refractivity contribution in [3.8, 4) is 10.6 Å². The number of rotatable bonds is 2. The zero-order chi connectivity index (χ0) is 11.0. The topological polar surface area (TPSA) is 87.0 Å². The van der Waals surface area contributed by atoms with Crippen LogP contribution in [0.4, 0.5) is 10.7 Å². The summed E-state index contributed by atoms with van der Waals surface area (Å²) in [5.41, 5.74) is 6.95. The van der Waals surface area contributed by atoms with E-state index >= 15 is 0 Å². The van der Waals surface area contributed by atoms with Crippen LogP contribution in [0.5, 0.6) is 0 Å². The number of thiophene rings is 1. The number of nitrogen functional groups attached to an aromatic ring is 1. The molecule has 0 spiro atoms. The predicted molar refractivity (Wildman–Crippen MR) is 57.6 cm³/mol. The van der Waals surface area contributed by atoms with Gasteiger partial charge in [-0.1, -0.05) is 11.3 Å². The van der Waals surface area contributed by atoms with Gasteiger partial charge in [0.05, 0.1) is 21.7 Å². The molecule has 2 aromatic rings. The third-order valence-electron chi connectivity index (χ3n) is 1.97. The van der Waals surface area contributed by atoms with E-state index in [1.807, 2.05) is 0 Å². The lowest BCUT2D eigenvalue weighted by Gasteiger charge is -1.98. The molecule has 0 atom stereocenters. The molecule has 2 heterocycles. The molecular formula is C8H8N4O2S. The van der Waals surface area contributed by atoms with Gasteiger partial charge in [0, 0.05) is 13.1 Å². The summed E-state index contributed by atoms with van der Waals surface area (Å²) in [5, 5.41) is 14.6. The van der Waals surface area contributed by atoms with Crippen LogP contribution in [-0.4, -0.2) is 14.7 Å². The van der Waals surface area contributed by atoms with Crippen LogP contribution in [0, 0.1) is 10.1 Å².